The number of amides is 1. The van der Waals surface area contributed by atoms with Crippen molar-refractivity contribution >= 4 is 22.4 Å². The van der Waals surface area contributed by atoms with E-state index in [1.165, 1.54) is 16.3 Å². The van der Waals surface area contributed by atoms with Crippen molar-refractivity contribution in [2.24, 2.45) is 0 Å². The SMILES string of the molecule is COCc1cccc(NC(=O)CCc2cccc3ccccc23)c1. The van der Waals surface area contributed by atoms with E-state index in [-0.39, 0.29) is 5.91 Å². The van der Waals surface area contributed by atoms with Crippen molar-refractivity contribution < 1.29 is 9.53 Å². The summed E-state index contributed by atoms with van der Waals surface area (Å²) < 4.78 is 5.12. The van der Waals surface area contributed by atoms with Gasteiger partial charge in [0.15, 0.2) is 0 Å². The maximum absolute atomic E-state index is 12.2. The van der Waals surface area contributed by atoms with Gasteiger partial charge in [0.05, 0.1) is 6.61 Å². The molecule has 3 heteroatoms. The Kier molecular flexibility index (Phi) is 5.24. The van der Waals surface area contributed by atoms with Crippen LogP contribution >= 0.6 is 0 Å². The van der Waals surface area contributed by atoms with Crippen LogP contribution in [0.15, 0.2) is 66.7 Å². The van der Waals surface area contributed by atoms with E-state index < -0.39 is 0 Å². The predicted molar refractivity (Wildman–Crippen MR) is 98.1 cm³/mol. The number of hydrogen-bond acceptors (Lipinski definition) is 2. The standard InChI is InChI=1S/C21H21NO2/c1-24-15-16-6-4-10-19(14-16)22-21(23)13-12-18-9-5-8-17-7-2-3-11-20(17)18/h2-11,14H,12-13,15H2,1H3,(H,22,23). The molecule has 0 fully saturated rings. The molecule has 1 amide bonds. The van der Waals surface area contributed by atoms with Gasteiger partial charge in [0.2, 0.25) is 5.91 Å². The number of ether oxygens (including phenoxy) is 1. The summed E-state index contributed by atoms with van der Waals surface area (Å²) in [6.07, 6.45) is 1.19. The van der Waals surface area contributed by atoms with Gasteiger partial charge in [-0.3, -0.25) is 4.79 Å². The van der Waals surface area contributed by atoms with Gasteiger partial charge in [-0.15, -0.1) is 0 Å². The zero-order valence-electron chi connectivity index (χ0n) is 13.8. The van der Waals surface area contributed by atoms with Crippen molar-refractivity contribution in [1.29, 1.82) is 0 Å². The Morgan fingerprint density at radius 3 is 2.67 bits per heavy atom. The fraction of sp³-hybridized carbons (Fsp3) is 0.190. The Hall–Kier alpha value is -2.65. The number of fused-ring (bicyclic) bond motifs is 1. The maximum atomic E-state index is 12.2. The molecular weight excluding hydrogens is 298 g/mol. The molecule has 24 heavy (non-hydrogen) atoms. The number of rotatable bonds is 6. The normalized spacial score (nSPS) is 10.7. The number of hydrogen-bond donors (Lipinski definition) is 1. The van der Waals surface area contributed by atoms with E-state index in [4.69, 9.17) is 4.74 Å². The summed E-state index contributed by atoms with van der Waals surface area (Å²) in [5, 5.41) is 5.39. The van der Waals surface area contributed by atoms with Crippen molar-refractivity contribution in [3.8, 4) is 0 Å². The molecule has 0 atom stereocenters. The van der Waals surface area contributed by atoms with Crippen LogP contribution in [0.3, 0.4) is 0 Å². The van der Waals surface area contributed by atoms with Crippen molar-refractivity contribution in [1.82, 2.24) is 0 Å². The largest absolute Gasteiger partial charge is 0.380 e. The van der Waals surface area contributed by atoms with Gasteiger partial charge in [0.1, 0.15) is 0 Å². The van der Waals surface area contributed by atoms with Crippen LogP contribution in [0.2, 0.25) is 0 Å². The lowest BCUT2D eigenvalue weighted by Crippen LogP contribution is -2.12. The van der Waals surface area contributed by atoms with E-state index in [1.54, 1.807) is 7.11 Å². The Labute approximate surface area is 142 Å². The van der Waals surface area contributed by atoms with Gasteiger partial charge >= 0.3 is 0 Å². The van der Waals surface area contributed by atoms with Crippen LogP contribution in [0.25, 0.3) is 10.8 Å². The van der Waals surface area contributed by atoms with Crippen LogP contribution in [0.5, 0.6) is 0 Å². The molecule has 0 aliphatic heterocycles. The Morgan fingerprint density at radius 1 is 1.00 bits per heavy atom. The first-order valence-corrected chi connectivity index (χ1v) is 8.10. The highest BCUT2D eigenvalue weighted by atomic mass is 16.5. The topological polar surface area (TPSA) is 38.3 Å². The monoisotopic (exact) mass is 319 g/mol. The predicted octanol–water partition coefficient (Wildman–Crippen LogP) is 4.56. The highest BCUT2D eigenvalue weighted by Gasteiger charge is 2.06. The molecule has 3 aromatic rings. The van der Waals surface area contributed by atoms with Gasteiger partial charge in [-0.2, -0.15) is 0 Å². The molecule has 122 valence electrons. The van der Waals surface area contributed by atoms with Crippen LogP contribution < -0.4 is 5.32 Å². The molecule has 0 saturated heterocycles. The molecular formula is C21H21NO2. The van der Waals surface area contributed by atoms with Crippen molar-refractivity contribution in [3.05, 3.63) is 77.9 Å². The van der Waals surface area contributed by atoms with Crippen LogP contribution in [-0.2, 0) is 22.6 Å². The molecule has 0 radical (unpaired) electrons. The minimum absolute atomic E-state index is 0.0255. The zero-order valence-corrected chi connectivity index (χ0v) is 13.8. The summed E-state index contributed by atoms with van der Waals surface area (Å²) in [4.78, 5) is 12.2. The fourth-order valence-corrected chi connectivity index (χ4v) is 2.89. The van der Waals surface area contributed by atoms with E-state index in [1.807, 2.05) is 42.5 Å². The molecule has 0 aromatic heterocycles. The van der Waals surface area contributed by atoms with E-state index in [0.29, 0.717) is 13.0 Å². The van der Waals surface area contributed by atoms with Crippen LogP contribution in [0.1, 0.15) is 17.5 Å². The first-order valence-electron chi connectivity index (χ1n) is 8.10. The van der Waals surface area contributed by atoms with Crippen molar-refractivity contribution in [3.63, 3.8) is 0 Å². The Balaban J connectivity index is 1.64. The second kappa shape index (κ2) is 7.75. The van der Waals surface area contributed by atoms with Crippen LogP contribution in [-0.4, -0.2) is 13.0 Å². The second-order valence-electron chi connectivity index (χ2n) is 5.82. The Bertz CT molecular complexity index is 837. The van der Waals surface area contributed by atoms with Gasteiger partial charge in [-0.05, 0) is 40.5 Å². The lowest BCUT2D eigenvalue weighted by molar-refractivity contribution is -0.116. The molecule has 0 aliphatic rings. The van der Waals surface area contributed by atoms with Gasteiger partial charge in [0.25, 0.3) is 0 Å². The quantitative estimate of drug-likeness (QED) is 0.723. The summed E-state index contributed by atoms with van der Waals surface area (Å²) in [5.74, 6) is 0.0255. The van der Waals surface area contributed by atoms with E-state index in [9.17, 15) is 4.79 Å². The van der Waals surface area contributed by atoms with Gasteiger partial charge < -0.3 is 10.1 Å². The minimum Gasteiger partial charge on any atom is -0.380 e. The number of carbonyl (C=O) groups excluding carboxylic acids is 1. The highest BCUT2D eigenvalue weighted by molar-refractivity contribution is 5.92. The molecule has 0 heterocycles. The number of methoxy groups -OCH3 is 1. The number of nitrogens with one attached hydrogen (secondary N) is 1. The summed E-state index contributed by atoms with van der Waals surface area (Å²) >= 11 is 0. The van der Waals surface area contributed by atoms with Crippen LogP contribution in [0.4, 0.5) is 5.69 Å². The van der Waals surface area contributed by atoms with E-state index in [0.717, 1.165) is 17.7 Å². The lowest BCUT2D eigenvalue weighted by atomic mass is 10.0. The van der Waals surface area contributed by atoms with E-state index in [2.05, 4.69) is 29.6 Å². The summed E-state index contributed by atoms with van der Waals surface area (Å²) in [7, 11) is 1.66. The van der Waals surface area contributed by atoms with Crippen LogP contribution in [0, 0.1) is 0 Å². The summed E-state index contributed by atoms with van der Waals surface area (Å²) in [6, 6.07) is 22.3. The smallest absolute Gasteiger partial charge is 0.224 e. The molecule has 3 nitrogen and oxygen atoms in total. The van der Waals surface area contributed by atoms with Gasteiger partial charge in [-0.25, -0.2) is 0 Å². The number of anilines is 1. The third-order valence-corrected chi connectivity index (χ3v) is 4.02. The minimum atomic E-state index is 0.0255. The summed E-state index contributed by atoms with van der Waals surface area (Å²) in [5.41, 5.74) is 3.06. The molecule has 3 rings (SSSR count). The average molecular weight is 319 g/mol. The molecule has 0 saturated carbocycles. The number of carbonyl (C=O) groups is 1. The van der Waals surface area contributed by atoms with Crippen molar-refractivity contribution in [2.75, 3.05) is 12.4 Å². The molecule has 0 unspecified atom stereocenters. The fourth-order valence-electron chi connectivity index (χ4n) is 2.89. The second-order valence-corrected chi connectivity index (χ2v) is 5.82. The molecule has 3 aromatic carbocycles. The Morgan fingerprint density at radius 2 is 1.79 bits per heavy atom. The highest BCUT2D eigenvalue weighted by Crippen LogP contribution is 2.20. The zero-order chi connectivity index (χ0) is 16.8. The molecule has 0 spiro atoms. The third-order valence-electron chi connectivity index (χ3n) is 4.02. The van der Waals surface area contributed by atoms with Gasteiger partial charge in [-0.1, -0.05) is 54.6 Å². The maximum Gasteiger partial charge on any atom is 0.224 e. The average Bonchev–Trinajstić information content (AvgIpc) is 2.60. The van der Waals surface area contributed by atoms with Crippen molar-refractivity contribution in [2.45, 2.75) is 19.4 Å². The first-order chi connectivity index (χ1) is 11.8. The molecule has 0 bridgehead atoms. The van der Waals surface area contributed by atoms with E-state index >= 15 is 0 Å². The lowest BCUT2D eigenvalue weighted by Gasteiger charge is -2.09. The first kappa shape index (κ1) is 16.2. The molecule has 0 aliphatic carbocycles. The molecule has 1 N–H and O–H groups in total. The number of aryl methyl sites for hydroxylation is 1. The third kappa shape index (κ3) is 4.00. The number of benzene rings is 3. The van der Waals surface area contributed by atoms with Gasteiger partial charge in [0, 0.05) is 19.2 Å². The summed E-state index contributed by atoms with van der Waals surface area (Å²) in [6.45, 7) is 0.541.